The highest BCUT2D eigenvalue weighted by molar-refractivity contribution is 5.83. The number of hydrogen-bond donors (Lipinski definition) is 1. The summed E-state index contributed by atoms with van der Waals surface area (Å²) in [6, 6.07) is 18.1. The normalized spacial score (nSPS) is 14.6. The van der Waals surface area contributed by atoms with Crippen LogP contribution in [0, 0.1) is 0 Å². The number of imidazole rings is 1. The third-order valence-corrected chi connectivity index (χ3v) is 7.54. The first-order valence-corrected chi connectivity index (χ1v) is 13.3. The molecule has 6 aromatic heterocycles. The highest BCUT2D eigenvalue weighted by Crippen LogP contribution is 2.37. The molecule has 12 nitrogen and oxygen atoms in total. The van der Waals surface area contributed by atoms with E-state index in [0.717, 1.165) is 41.0 Å². The second-order valence-electron chi connectivity index (χ2n) is 10.1. The molecule has 1 aliphatic rings. The van der Waals surface area contributed by atoms with Crippen LogP contribution in [0.15, 0.2) is 85.6 Å². The van der Waals surface area contributed by atoms with Crippen molar-refractivity contribution in [2.24, 2.45) is 7.05 Å². The number of hydrogen-bond acceptors (Lipinski definition) is 8. The number of fused-ring (bicyclic) bond motifs is 2. The van der Waals surface area contributed by atoms with E-state index in [2.05, 4.69) is 48.3 Å². The monoisotopic (exact) mass is 540 g/mol. The van der Waals surface area contributed by atoms with Gasteiger partial charge in [0.15, 0.2) is 17.3 Å². The first-order chi connectivity index (χ1) is 20.1. The number of aromatic nitrogens is 11. The molecule has 0 saturated carbocycles. The van der Waals surface area contributed by atoms with Crippen molar-refractivity contribution in [3.63, 3.8) is 0 Å². The standard InChI is InChI=1S/C29H24N12/c1-38-15-11-22(36-38)24-17-40(37-35-24)25-9-5-18-16-19(6-7-20(18)25)41-28(21-4-2-12-31-27(21)30)33-23-8-10-26(34-29(23)41)39-14-3-13-32-39/h2-4,6-8,10-17,25H,5,9H2,1H3,(H2,30,31). The summed E-state index contributed by atoms with van der Waals surface area (Å²) >= 11 is 0. The van der Waals surface area contributed by atoms with Crippen LogP contribution in [0.25, 0.3) is 45.4 Å². The lowest BCUT2D eigenvalue weighted by Crippen LogP contribution is -2.08. The topological polar surface area (TPSA) is 136 Å². The zero-order valence-corrected chi connectivity index (χ0v) is 22.1. The molecular weight excluding hydrogens is 516 g/mol. The van der Waals surface area contributed by atoms with Gasteiger partial charge >= 0.3 is 0 Å². The van der Waals surface area contributed by atoms with Crippen LogP contribution in [-0.4, -0.2) is 54.1 Å². The van der Waals surface area contributed by atoms with Gasteiger partial charge in [-0.3, -0.25) is 9.25 Å². The van der Waals surface area contributed by atoms with Crippen molar-refractivity contribution in [1.82, 2.24) is 54.1 Å². The summed E-state index contributed by atoms with van der Waals surface area (Å²) in [4.78, 5) is 14.2. The average molecular weight is 541 g/mol. The SMILES string of the molecule is Cn1ccc(-c2cn(C3CCc4cc(-n5c(-c6cccnc6N)nc6ccc(-n7cccn7)nc65)ccc43)nn2)n1. The first kappa shape index (κ1) is 23.3. The van der Waals surface area contributed by atoms with Gasteiger partial charge in [0.1, 0.15) is 22.7 Å². The molecule has 0 bridgehead atoms. The Bertz CT molecular complexity index is 2050. The van der Waals surface area contributed by atoms with Crippen molar-refractivity contribution in [3.05, 3.63) is 96.7 Å². The van der Waals surface area contributed by atoms with E-state index in [0.29, 0.717) is 23.1 Å². The Hall–Kier alpha value is -5.65. The predicted molar refractivity (Wildman–Crippen MR) is 152 cm³/mol. The van der Waals surface area contributed by atoms with E-state index < -0.39 is 0 Å². The van der Waals surface area contributed by atoms with E-state index in [1.807, 2.05) is 66.7 Å². The number of rotatable bonds is 5. The molecule has 0 aliphatic heterocycles. The van der Waals surface area contributed by atoms with Crippen LogP contribution < -0.4 is 5.73 Å². The largest absolute Gasteiger partial charge is 0.383 e. The van der Waals surface area contributed by atoms with Crippen LogP contribution in [0.5, 0.6) is 0 Å². The van der Waals surface area contributed by atoms with Crippen molar-refractivity contribution >= 4 is 17.0 Å². The minimum absolute atomic E-state index is 0.0986. The van der Waals surface area contributed by atoms with Gasteiger partial charge < -0.3 is 5.73 Å². The van der Waals surface area contributed by atoms with Gasteiger partial charge in [0.25, 0.3) is 0 Å². The summed E-state index contributed by atoms with van der Waals surface area (Å²) in [5.41, 5.74) is 13.5. The van der Waals surface area contributed by atoms with Crippen LogP contribution in [0.2, 0.25) is 0 Å². The molecular formula is C29H24N12. The molecule has 7 aromatic rings. The summed E-state index contributed by atoms with van der Waals surface area (Å²) in [7, 11) is 1.89. The number of nitrogens with two attached hydrogens (primary N) is 1. The summed E-state index contributed by atoms with van der Waals surface area (Å²) < 4.78 is 7.50. The molecule has 0 fully saturated rings. The molecule has 0 spiro atoms. The Kier molecular flexibility index (Phi) is 5.07. The van der Waals surface area contributed by atoms with Crippen molar-refractivity contribution in [2.75, 3.05) is 5.73 Å². The maximum Gasteiger partial charge on any atom is 0.167 e. The molecule has 1 aliphatic carbocycles. The van der Waals surface area contributed by atoms with Crippen LogP contribution >= 0.6 is 0 Å². The molecule has 0 radical (unpaired) electrons. The molecule has 1 unspecified atom stereocenters. The van der Waals surface area contributed by atoms with Crippen LogP contribution in [0.1, 0.15) is 23.6 Å². The molecule has 41 heavy (non-hydrogen) atoms. The van der Waals surface area contributed by atoms with Crippen molar-refractivity contribution in [1.29, 1.82) is 0 Å². The highest BCUT2D eigenvalue weighted by atomic mass is 15.4. The van der Waals surface area contributed by atoms with Gasteiger partial charge in [-0.25, -0.2) is 24.3 Å². The number of aryl methyl sites for hydroxylation is 2. The molecule has 2 N–H and O–H groups in total. The lowest BCUT2D eigenvalue weighted by molar-refractivity contribution is 0.504. The van der Waals surface area contributed by atoms with Crippen LogP contribution in [0.3, 0.4) is 0 Å². The van der Waals surface area contributed by atoms with E-state index in [1.165, 1.54) is 11.1 Å². The Morgan fingerprint density at radius 2 is 1.90 bits per heavy atom. The second kappa shape index (κ2) is 8.95. The molecule has 200 valence electrons. The van der Waals surface area contributed by atoms with Gasteiger partial charge in [-0.1, -0.05) is 11.3 Å². The Labute approximate surface area is 233 Å². The fourth-order valence-corrected chi connectivity index (χ4v) is 5.60. The summed E-state index contributed by atoms with van der Waals surface area (Å²) in [5.74, 6) is 1.79. The third-order valence-electron chi connectivity index (χ3n) is 7.54. The van der Waals surface area contributed by atoms with Crippen molar-refractivity contribution in [2.45, 2.75) is 18.9 Å². The summed E-state index contributed by atoms with van der Waals surface area (Å²) in [6.07, 6.45) is 11.0. The van der Waals surface area contributed by atoms with E-state index in [-0.39, 0.29) is 6.04 Å². The number of anilines is 1. The van der Waals surface area contributed by atoms with Gasteiger partial charge in [0, 0.05) is 37.5 Å². The maximum absolute atomic E-state index is 6.33. The van der Waals surface area contributed by atoms with Gasteiger partial charge in [0.05, 0.1) is 17.8 Å². The quantitative estimate of drug-likeness (QED) is 0.348. The highest BCUT2D eigenvalue weighted by Gasteiger charge is 2.27. The van der Waals surface area contributed by atoms with Gasteiger partial charge in [0.2, 0.25) is 0 Å². The maximum atomic E-state index is 6.33. The Morgan fingerprint density at radius 1 is 0.951 bits per heavy atom. The molecule has 0 amide bonds. The molecule has 1 atom stereocenters. The smallest absolute Gasteiger partial charge is 0.167 e. The van der Waals surface area contributed by atoms with E-state index >= 15 is 0 Å². The molecule has 12 heteroatoms. The van der Waals surface area contributed by atoms with E-state index in [9.17, 15) is 0 Å². The molecule has 1 aromatic carbocycles. The van der Waals surface area contributed by atoms with Crippen LogP contribution in [-0.2, 0) is 13.5 Å². The van der Waals surface area contributed by atoms with Gasteiger partial charge in [-0.15, -0.1) is 5.10 Å². The summed E-state index contributed by atoms with van der Waals surface area (Å²) in [6.45, 7) is 0. The number of nitrogens with zero attached hydrogens (tertiary/aromatic N) is 11. The first-order valence-electron chi connectivity index (χ1n) is 13.3. The summed E-state index contributed by atoms with van der Waals surface area (Å²) in [5, 5.41) is 17.7. The minimum Gasteiger partial charge on any atom is -0.383 e. The lowest BCUT2D eigenvalue weighted by Gasteiger charge is -2.14. The zero-order chi connectivity index (χ0) is 27.5. The van der Waals surface area contributed by atoms with Gasteiger partial charge in [-0.2, -0.15) is 10.2 Å². The van der Waals surface area contributed by atoms with Gasteiger partial charge in [-0.05, 0) is 72.5 Å². The van der Waals surface area contributed by atoms with Crippen LogP contribution in [0.4, 0.5) is 5.82 Å². The third kappa shape index (κ3) is 3.79. The Morgan fingerprint density at radius 3 is 2.73 bits per heavy atom. The lowest BCUT2D eigenvalue weighted by atomic mass is 10.1. The molecule has 0 saturated heterocycles. The van der Waals surface area contributed by atoms with Crippen molar-refractivity contribution in [3.8, 4) is 34.3 Å². The number of nitrogen functional groups attached to an aromatic ring is 1. The van der Waals surface area contributed by atoms with Crippen molar-refractivity contribution < 1.29 is 0 Å². The predicted octanol–water partition coefficient (Wildman–Crippen LogP) is 3.78. The number of pyridine rings is 2. The number of benzene rings is 1. The second-order valence-corrected chi connectivity index (χ2v) is 10.1. The molecule has 8 rings (SSSR count). The molecule has 6 heterocycles. The van der Waals surface area contributed by atoms with E-state index in [1.54, 1.807) is 21.8 Å². The zero-order valence-electron chi connectivity index (χ0n) is 22.1. The minimum atomic E-state index is 0.0986. The fraction of sp³-hybridized carbons (Fsp3) is 0.138. The Balaban J connectivity index is 1.24. The average Bonchev–Trinajstić information content (AvgIpc) is 3.81. The van der Waals surface area contributed by atoms with E-state index in [4.69, 9.17) is 15.7 Å². The fourth-order valence-electron chi connectivity index (χ4n) is 5.60.